The van der Waals surface area contributed by atoms with Crippen molar-refractivity contribution in [1.29, 1.82) is 0 Å². The van der Waals surface area contributed by atoms with Crippen LogP contribution in [0.2, 0.25) is 0 Å². The van der Waals surface area contributed by atoms with Crippen LogP contribution in [0.25, 0.3) is 0 Å². The van der Waals surface area contributed by atoms with Crippen molar-refractivity contribution >= 4 is 17.7 Å². The van der Waals surface area contributed by atoms with Gasteiger partial charge in [-0.3, -0.25) is 14.4 Å². The van der Waals surface area contributed by atoms with E-state index in [2.05, 4.69) is 64.2 Å². The lowest BCUT2D eigenvalue weighted by Gasteiger charge is -2.57. The first kappa shape index (κ1) is 35.5. The highest BCUT2D eigenvalue weighted by Gasteiger charge is 2.66. The first-order valence-electron chi connectivity index (χ1n) is 20.2. The minimum Gasteiger partial charge on any atom is -0.458 e. The largest absolute Gasteiger partial charge is 0.458 e. The summed E-state index contributed by atoms with van der Waals surface area (Å²) in [6.07, 6.45) is 26.2. The standard InChI is InChI=1S/C23H32O4.C21H28O3/c1-15(24)27-17-6-9-21(2)16(14-17)4-5-18-19(21)7-10-22(3)20(18)8-11-23(22)25-12-13-26-23;1-13(22)24-15-8-10-20(2)14(12-15)4-5-16-17-6-7-19(23)21(17,3)11-9-18(16)20/h4,6,9,17-20H,5,7-8,10-14H2,1-3H3;4,8,10,15-18H,5-7,9,11-12H2,1-3H3/t17-,18+,19-,20-,21-,22-;15-,16-,17-,18-,20-,21-/m00/s1. The van der Waals surface area contributed by atoms with Crippen molar-refractivity contribution in [2.75, 3.05) is 13.2 Å². The number of Topliss-reactive ketones (excluding diaryl/α,β-unsaturated/α-hetero) is 1. The summed E-state index contributed by atoms with van der Waals surface area (Å²) >= 11 is 0. The average Bonchev–Trinajstić information content (AvgIpc) is 3.77. The highest BCUT2D eigenvalue weighted by Crippen LogP contribution is 2.68. The summed E-state index contributed by atoms with van der Waals surface area (Å²) in [6.45, 7) is 13.9. The summed E-state index contributed by atoms with van der Waals surface area (Å²) in [7, 11) is 0. The number of ether oxygens (including phenoxy) is 4. The van der Waals surface area contributed by atoms with Crippen molar-refractivity contribution in [2.45, 2.75) is 137 Å². The van der Waals surface area contributed by atoms with Crippen LogP contribution in [-0.4, -0.2) is 48.9 Å². The van der Waals surface area contributed by atoms with Gasteiger partial charge in [-0.15, -0.1) is 0 Å². The number of carbonyl (C=O) groups excluding carboxylic acids is 3. The van der Waals surface area contributed by atoms with E-state index in [1.807, 2.05) is 0 Å². The van der Waals surface area contributed by atoms with Gasteiger partial charge in [-0.1, -0.05) is 63.1 Å². The van der Waals surface area contributed by atoms with Crippen LogP contribution in [0.4, 0.5) is 0 Å². The first-order valence-corrected chi connectivity index (χ1v) is 20.2. The minimum absolute atomic E-state index is 0.0679. The third-order valence-electron chi connectivity index (χ3n) is 16.4. The number of allylic oxidation sites excluding steroid dienone is 4. The number of esters is 2. The number of ketones is 1. The summed E-state index contributed by atoms with van der Waals surface area (Å²) in [5.41, 5.74) is 3.17. The molecule has 51 heavy (non-hydrogen) atoms. The molecule has 0 N–H and O–H groups in total. The molecule has 0 radical (unpaired) electrons. The molecule has 1 heterocycles. The molecule has 4 saturated carbocycles. The van der Waals surface area contributed by atoms with Gasteiger partial charge in [-0.25, -0.2) is 0 Å². The Morgan fingerprint density at radius 3 is 1.75 bits per heavy atom. The lowest BCUT2D eigenvalue weighted by Crippen LogP contribution is -2.54. The second-order valence-electron chi connectivity index (χ2n) is 18.5. The van der Waals surface area contributed by atoms with Gasteiger partial charge in [-0.2, -0.15) is 0 Å². The Labute approximate surface area is 305 Å². The summed E-state index contributed by atoms with van der Waals surface area (Å²) in [6, 6.07) is 0. The number of rotatable bonds is 2. The summed E-state index contributed by atoms with van der Waals surface area (Å²) in [4.78, 5) is 35.1. The summed E-state index contributed by atoms with van der Waals surface area (Å²) in [5, 5.41) is 0. The van der Waals surface area contributed by atoms with E-state index in [4.69, 9.17) is 18.9 Å². The van der Waals surface area contributed by atoms with Gasteiger partial charge in [0.05, 0.1) is 13.2 Å². The van der Waals surface area contributed by atoms with Crippen LogP contribution in [0.5, 0.6) is 0 Å². The number of hydrogen-bond donors (Lipinski definition) is 0. The number of hydrogen-bond acceptors (Lipinski definition) is 7. The monoisotopic (exact) mass is 700 g/mol. The van der Waals surface area contributed by atoms with Gasteiger partial charge in [-0.05, 0) is 99.0 Å². The Bertz CT molecular complexity index is 1580. The Kier molecular flexibility index (Phi) is 8.73. The fourth-order valence-electron chi connectivity index (χ4n) is 13.7. The van der Waals surface area contributed by atoms with Crippen LogP contribution >= 0.6 is 0 Å². The number of carbonyl (C=O) groups is 3. The van der Waals surface area contributed by atoms with E-state index in [0.29, 0.717) is 41.3 Å². The molecule has 9 aliphatic rings. The molecule has 12 atom stereocenters. The summed E-state index contributed by atoms with van der Waals surface area (Å²) < 4.78 is 23.4. The van der Waals surface area contributed by atoms with Crippen molar-refractivity contribution in [2.24, 2.45) is 57.2 Å². The molecule has 0 aromatic rings. The van der Waals surface area contributed by atoms with E-state index in [0.717, 1.165) is 71.0 Å². The maximum atomic E-state index is 12.4. The molecule has 278 valence electrons. The van der Waals surface area contributed by atoms with Gasteiger partial charge in [0.1, 0.15) is 18.0 Å². The average molecular weight is 701 g/mol. The van der Waals surface area contributed by atoms with Gasteiger partial charge >= 0.3 is 11.9 Å². The van der Waals surface area contributed by atoms with Crippen LogP contribution in [0.15, 0.2) is 47.6 Å². The van der Waals surface area contributed by atoms with Crippen LogP contribution in [0.1, 0.15) is 119 Å². The summed E-state index contributed by atoms with van der Waals surface area (Å²) in [5.74, 6) is 3.61. The molecule has 1 aliphatic heterocycles. The molecule has 0 unspecified atom stereocenters. The lowest BCUT2D eigenvalue weighted by atomic mass is 9.49. The third-order valence-corrected chi connectivity index (χ3v) is 16.4. The topological polar surface area (TPSA) is 88.1 Å². The number of fused-ring (bicyclic) bond motifs is 11. The predicted molar refractivity (Wildman–Crippen MR) is 194 cm³/mol. The van der Waals surface area contributed by atoms with E-state index < -0.39 is 0 Å². The maximum absolute atomic E-state index is 12.4. The zero-order valence-corrected chi connectivity index (χ0v) is 31.8. The molecule has 1 saturated heterocycles. The van der Waals surface area contributed by atoms with Crippen LogP contribution < -0.4 is 0 Å². The fraction of sp³-hybridized carbons (Fsp3) is 0.750. The second kappa shape index (κ2) is 12.5. The highest BCUT2D eigenvalue weighted by atomic mass is 16.7. The Morgan fingerprint density at radius 1 is 0.686 bits per heavy atom. The van der Waals surface area contributed by atoms with Gasteiger partial charge < -0.3 is 18.9 Å². The zero-order valence-electron chi connectivity index (χ0n) is 31.8. The molecule has 7 heteroatoms. The molecule has 9 rings (SSSR count). The van der Waals surface area contributed by atoms with Gasteiger partial charge in [0.2, 0.25) is 0 Å². The van der Waals surface area contributed by atoms with Gasteiger partial charge in [0.25, 0.3) is 0 Å². The quantitative estimate of drug-likeness (QED) is 0.211. The van der Waals surface area contributed by atoms with Crippen molar-refractivity contribution in [3.63, 3.8) is 0 Å². The highest BCUT2D eigenvalue weighted by molar-refractivity contribution is 5.87. The minimum atomic E-state index is -0.323. The SMILES string of the molecule is CC(=O)O[C@H]1C=C[C@@]2(C)C(=CC[C@@H]3[C@@H]2CC[C@@]2(C)[C@H]3CCC23OCCO3)C1.CC(=O)O[C@H]1C=C[C@@]2(C)C(=CC[C@@H]3[C@@H]2CC[C@]2(C)C(=O)CC[C@@H]32)C1. The van der Waals surface area contributed by atoms with Gasteiger partial charge in [0.15, 0.2) is 5.79 Å². The Balaban J connectivity index is 0.000000148. The van der Waals surface area contributed by atoms with Crippen LogP contribution in [0.3, 0.4) is 0 Å². The van der Waals surface area contributed by atoms with Crippen molar-refractivity contribution in [3.05, 3.63) is 47.6 Å². The van der Waals surface area contributed by atoms with E-state index in [9.17, 15) is 14.4 Å². The molecular formula is C44H60O7. The molecule has 1 spiro atoms. The maximum Gasteiger partial charge on any atom is 0.303 e. The molecule has 0 bridgehead atoms. The predicted octanol–water partition coefficient (Wildman–Crippen LogP) is 8.63. The molecule has 5 fully saturated rings. The van der Waals surface area contributed by atoms with Crippen molar-refractivity contribution < 1.29 is 33.3 Å². The molecule has 0 aromatic carbocycles. The normalized spacial score (nSPS) is 46.9. The van der Waals surface area contributed by atoms with Crippen LogP contribution in [0, 0.1) is 57.2 Å². The molecular weight excluding hydrogens is 640 g/mol. The zero-order chi connectivity index (χ0) is 36.0. The van der Waals surface area contributed by atoms with Crippen LogP contribution in [-0.2, 0) is 33.3 Å². The van der Waals surface area contributed by atoms with Gasteiger partial charge in [0, 0.05) is 61.2 Å². The molecule has 0 aromatic heterocycles. The molecule has 8 aliphatic carbocycles. The van der Waals surface area contributed by atoms with E-state index >= 15 is 0 Å². The fourth-order valence-corrected chi connectivity index (χ4v) is 13.7. The first-order chi connectivity index (χ1) is 24.2. The van der Waals surface area contributed by atoms with E-state index in [1.165, 1.54) is 44.3 Å². The molecule has 0 amide bonds. The second-order valence-corrected chi connectivity index (χ2v) is 18.5. The van der Waals surface area contributed by atoms with E-state index in [1.54, 1.807) is 0 Å². The van der Waals surface area contributed by atoms with Crippen molar-refractivity contribution in [3.8, 4) is 0 Å². The van der Waals surface area contributed by atoms with E-state index in [-0.39, 0.29) is 51.6 Å². The Morgan fingerprint density at radius 2 is 1.20 bits per heavy atom. The Hall–Kier alpha value is -2.51. The van der Waals surface area contributed by atoms with Crippen molar-refractivity contribution in [1.82, 2.24) is 0 Å². The smallest absolute Gasteiger partial charge is 0.303 e. The molecule has 7 nitrogen and oxygen atoms in total. The third kappa shape index (κ3) is 5.43. The lowest BCUT2D eigenvalue weighted by molar-refractivity contribution is -0.241.